The fourth-order valence-corrected chi connectivity index (χ4v) is 4.06. The summed E-state index contributed by atoms with van der Waals surface area (Å²) in [5.74, 6) is -0.494. The van der Waals surface area contributed by atoms with Gasteiger partial charge in [-0.05, 0) is 52.7 Å². The maximum absolute atomic E-state index is 11.2. The topological polar surface area (TPSA) is 49.3 Å². The van der Waals surface area contributed by atoms with Crippen molar-refractivity contribution in [2.24, 2.45) is 11.8 Å². The average Bonchev–Trinajstić information content (AvgIpc) is 2.76. The van der Waals surface area contributed by atoms with Crippen molar-refractivity contribution in [1.82, 2.24) is 5.32 Å². The lowest BCUT2D eigenvalue weighted by molar-refractivity contribution is -0.144. The van der Waals surface area contributed by atoms with Crippen LogP contribution in [0.3, 0.4) is 0 Å². The van der Waals surface area contributed by atoms with Crippen molar-refractivity contribution in [3.8, 4) is 0 Å². The van der Waals surface area contributed by atoms with Gasteiger partial charge in [0, 0.05) is 15.9 Å². The van der Waals surface area contributed by atoms with Crippen LogP contribution in [-0.4, -0.2) is 17.6 Å². The van der Waals surface area contributed by atoms with Crippen LogP contribution >= 0.6 is 27.3 Å². The van der Waals surface area contributed by atoms with Crippen molar-refractivity contribution in [1.29, 1.82) is 0 Å². The first-order chi connectivity index (χ1) is 8.68. The van der Waals surface area contributed by atoms with Crippen LogP contribution < -0.4 is 5.32 Å². The molecular weight excluding hydrogens is 314 g/mol. The molecule has 3 nitrogen and oxygen atoms in total. The van der Waals surface area contributed by atoms with Crippen LogP contribution in [0.5, 0.6) is 0 Å². The van der Waals surface area contributed by atoms with Gasteiger partial charge < -0.3 is 10.4 Å². The van der Waals surface area contributed by atoms with Gasteiger partial charge >= 0.3 is 5.97 Å². The lowest BCUT2D eigenvalue weighted by Gasteiger charge is -2.28. The highest BCUT2D eigenvalue weighted by Crippen LogP contribution is 2.30. The molecule has 18 heavy (non-hydrogen) atoms. The molecule has 2 rings (SSSR count). The Labute approximate surface area is 120 Å². The second-order valence-electron chi connectivity index (χ2n) is 4.81. The molecule has 1 fully saturated rings. The van der Waals surface area contributed by atoms with Gasteiger partial charge in [0.15, 0.2) is 0 Å². The van der Waals surface area contributed by atoms with Crippen LogP contribution in [0.4, 0.5) is 0 Å². The van der Waals surface area contributed by atoms with E-state index in [1.165, 1.54) is 11.3 Å². The summed E-state index contributed by atoms with van der Waals surface area (Å²) >= 11 is 5.22. The lowest BCUT2D eigenvalue weighted by atomic mass is 9.79. The molecule has 2 N–H and O–H groups in total. The maximum atomic E-state index is 11.2. The summed E-state index contributed by atoms with van der Waals surface area (Å²) in [7, 11) is 0. The number of thiophene rings is 1. The number of hydrogen-bond donors (Lipinski definition) is 2. The van der Waals surface area contributed by atoms with Crippen molar-refractivity contribution >= 4 is 33.2 Å². The number of rotatable bonds is 5. The molecule has 1 heterocycles. The molecule has 0 spiro atoms. The van der Waals surface area contributed by atoms with Crippen LogP contribution in [0.25, 0.3) is 0 Å². The molecule has 1 aromatic heterocycles. The summed E-state index contributed by atoms with van der Waals surface area (Å²) in [6.45, 7) is 1.63. The molecular formula is C13H18BrNO2S. The number of carboxylic acids is 1. The smallest absolute Gasteiger partial charge is 0.306 e. The SMILES string of the molecule is O=C(O)C1CCCCC1CNCc1sccc1Br. The summed E-state index contributed by atoms with van der Waals surface area (Å²) in [6.07, 6.45) is 4.10. The third-order valence-corrected chi connectivity index (χ3v) is 5.54. The van der Waals surface area contributed by atoms with E-state index in [2.05, 4.69) is 26.6 Å². The van der Waals surface area contributed by atoms with Gasteiger partial charge in [0.05, 0.1) is 5.92 Å². The molecule has 1 aliphatic rings. The molecule has 0 aliphatic heterocycles. The molecule has 100 valence electrons. The number of halogens is 1. The average molecular weight is 332 g/mol. The summed E-state index contributed by atoms with van der Waals surface area (Å²) in [5.41, 5.74) is 0. The molecule has 0 saturated heterocycles. The summed E-state index contributed by atoms with van der Waals surface area (Å²) < 4.78 is 1.14. The molecule has 0 aromatic carbocycles. The zero-order chi connectivity index (χ0) is 13.0. The number of hydrogen-bond acceptors (Lipinski definition) is 3. The molecule has 1 aromatic rings. The van der Waals surface area contributed by atoms with Crippen LogP contribution in [-0.2, 0) is 11.3 Å². The van der Waals surface area contributed by atoms with Crippen molar-refractivity contribution in [2.45, 2.75) is 32.2 Å². The van der Waals surface area contributed by atoms with E-state index in [4.69, 9.17) is 0 Å². The standard InChI is InChI=1S/C13H18BrNO2S/c14-11-5-6-18-12(11)8-15-7-9-3-1-2-4-10(9)13(16)17/h5-6,9-10,15H,1-4,7-8H2,(H,16,17). The predicted octanol–water partition coefficient (Wildman–Crippen LogP) is 3.49. The van der Waals surface area contributed by atoms with Crippen molar-refractivity contribution in [3.63, 3.8) is 0 Å². The number of carboxylic acid groups (broad SMARTS) is 1. The van der Waals surface area contributed by atoms with Gasteiger partial charge in [-0.2, -0.15) is 0 Å². The Kier molecular flexibility index (Phi) is 5.21. The molecule has 1 saturated carbocycles. The third kappa shape index (κ3) is 3.56. The Morgan fingerprint density at radius 2 is 2.28 bits per heavy atom. The van der Waals surface area contributed by atoms with E-state index in [1.807, 2.05) is 6.07 Å². The van der Waals surface area contributed by atoms with Gasteiger partial charge in [0.25, 0.3) is 0 Å². The largest absolute Gasteiger partial charge is 0.481 e. The number of aliphatic carboxylic acids is 1. The Bertz CT molecular complexity index is 407. The van der Waals surface area contributed by atoms with E-state index in [0.29, 0.717) is 0 Å². The minimum Gasteiger partial charge on any atom is -0.481 e. The summed E-state index contributed by atoms with van der Waals surface area (Å²) in [6, 6.07) is 2.04. The first-order valence-electron chi connectivity index (χ1n) is 6.34. The Morgan fingerprint density at radius 3 is 2.94 bits per heavy atom. The van der Waals surface area contributed by atoms with Gasteiger partial charge in [-0.25, -0.2) is 0 Å². The normalized spacial score (nSPS) is 24.1. The zero-order valence-corrected chi connectivity index (χ0v) is 12.6. The highest BCUT2D eigenvalue weighted by Gasteiger charge is 2.30. The maximum Gasteiger partial charge on any atom is 0.306 e. The van der Waals surface area contributed by atoms with Crippen LogP contribution in [0.1, 0.15) is 30.6 Å². The van der Waals surface area contributed by atoms with Gasteiger partial charge in [0.2, 0.25) is 0 Å². The molecule has 2 atom stereocenters. The second-order valence-corrected chi connectivity index (χ2v) is 6.67. The zero-order valence-electron chi connectivity index (χ0n) is 10.2. The van der Waals surface area contributed by atoms with E-state index >= 15 is 0 Å². The Morgan fingerprint density at radius 1 is 1.50 bits per heavy atom. The highest BCUT2D eigenvalue weighted by atomic mass is 79.9. The Balaban J connectivity index is 1.81. The van der Waals surface area contributed by atoms with E-state index in [9.17, 15) is 9.90 Å². The highest BCUT2D eigenvalue weighted by molar-refractivity contribution is 9.10. The second kappa shape index (κ2) is 6.68. The number of carbonyl (C=O) groups is 1. The first kappa shape index (κ1) is 14.0. The van der Waals surface area contributed by atoms with Crippen LogP contribution in [0.15, 0.2) is 15.9 Å². The molecule has 5 heteroatoms. The molecule has 0 radical (unpaired) electrons. The minimum atomic E-state index is -0.626. The number of nitrogens with one attached hydrogen (secondary N) is 1. The summed E-state index contributed by atoms with van der Waals surface area (Å²) in [5, 5.41) is 14.7. The van der Waals surface area contributed by atoms with E-state index in [-0.39, 0.29) is 11.8 Å². The molecule has 1 aliphatic carbocycles. The predicted molar refractivity (Wildman–Crippen MR) is 76.8 cm³/mol. The molecule has 0 bridgehead atoms. The van der Waals surface area contributed by atoms with Crippen molar-refractivity contribution < 1.29 is 9.90 Å². The van der Waals surface area contributed by atoms with E-state index in [1.54, 1.807) is 11.3 Å². The van der Waals surface area contributed by atoms with E-state index < -0.39 is 5.97 Å². The molecule has 0 amide bonds. The van der Waals surface area contributed by atoms with Crippen molar-refractivity contribution in [2.75, 3.05) is 6.54 Å². The monoisotopic (exact) mass is 331 g/mol. The van der Waals surface area contributed by atoms with Gasteiger partial charge in [-0.3, -0.25) is 4.79 Å². The van der Waals surface area contributed by atoms with Gasteiger partial charge in [-0.1, -0.05) is 12.8 Å². The molecule has 2 unspecified atom stereocenters. The van der Waals surface area contributed by atoms with Gasteiger partial charge in [0.1, 0.15) is 0 Å². The quantitative estimate of drug-likeness (QED) is 0.868. The third-order valence-electron chi connectivity index (χ3n) is 3.61. The van der Waals surface area contributed by atoms with Crippen LogP contribution in [0, 0.1) is 11.8 Å². The van der Waals surface area contributed by atoms with E-state index in [0.717, 1.165) is 36.8 Å². The lowest BCUT2D eigenvalue weighted by Crippen LogP contribution is -2.34. The fourth-order valence-electron chi connectivity index (χ4n) is 2.60. The summed E-state index contributed by atoms with van der Waals surface area (Å²) in [4.78, 5) is 12.5. The van der Waals surface area contributed by atoms with Crippen molar-refractivity contribution in [3.05, 3.63) is 20.8 Å². The van der Waals surface area contributed by atoms with Crippen LogP contribution in [0.2, 0.25) is 0 Å². The first-order valence-corrected chi connectivity index (χ1v) is 8.01. The van der Waals surface area contributed by atoms with Gasteiger partial charge in [-0.15, -0.1) is 11.3 Å². The minimum absolute atomic E-state index is 0.155. The Hall–Kier alpha value is -0.390. The fraction of sp³-hybridized carbons (Fsp3) is 0.615.